The first kappa shape index (κ1) is 12.6. The fourth-order valence-electron chi connectivity index (χ4n) is 1.05. The van der Waals surface area contributed by atoms with E-state index in [1.165, 1.54) is 6.92 Å². The molecule has 0 radical (unpaired) electrons. The molecule has 0 aliphatic heterocycles. The number of aryl methyl sites for hydroxylation is 1. The van der Waals surface area contributed by atoms with Crippen LogP contribution in [0.2, 0.25) is 0 Å². The van der Waals surface area contributed by atoms with Gasteiger partial charge in [0.15, 0.2) is 11.9 Å². The van der Waals surface area contributed by atoms with Crippen LogP contribution in [0.15, 0.2) is 4.52 Å². The van der Waals surface area contributed by atoms with Crippen molar-refractivity contribution in [3.05, 3.63) is 11.7 Å². The Morgan fingerprint density at radius 2 is 2.38 bits per heavy atom. The van der Waals surface area contributed by atoms with Gasteiger partial charge >= 0.3 is 5.97 Å². The Labute approximate surface area is 93.6 Å². The molecule has 0 aliphatic carbocycles. The van der Waals surface area contributed by atoms with Crippen LogP contribution in [-0.4, -0.2) is 27.3 Å². The lowest BCUT2D eigenvalue weighted by Crippen LogP contribution is -2.19. The molecule has 0 saturated heterocycles. The fraction of sp³-hybridized carbons (Fsp3) is 0.700. The zero-order chi connectivity index (χ0) is 12.0. The Bertz CT molecular complexity index is 337. The van der Waals surface area contributed by atoms with Gasteiger partial charge in [-0.25, -0.2) is 4.79 Å². The zero-order valence-corrected chi connectivity index (χ0v) is 9.47. The minimum absolute atomic E-state index is 0.0343. The van der Waals surface area contributed by atoms with Crippen LogP contribution in [0.25, 0.3) is 0 Å². The van der Waals surface area contributed by atoms with Crippen LogP contribution in [0.4, 0.5) is 0 Å². The van der Waals surface area contributed by atoms with E-state index in [-0.39, 0.29) is 6.61 Å². The number of carbonyl (C=O) groups is 1. The standard InChI is InChI=1S/C10H16N2O4/c1-3-4-5-8-11-9(16-12-8)6-15-7(2)10(13)14/h7H,3-6H2,1-2H3,(H,13,14)/t7-/m0/s1. The van der Waals surface area contributed by atoms with Crippen LogP contribution in [-0.2, 0) is 22.6 Å². The van der Waals surface area contributed by atoms with Crippen molar-refractivity contribution in [1.82, 2.24) is 10.1 Å². The van der Waals surface area contributed by atoms with Crippen molar-refractivity contribution >= 4 is 5.97 Å². The maximum Gasteiger partial charge on any atom is 0.332 e. The molecule has 1 N–H and O–H groups in total. The molecule has 0 unspecified atom stereocenters. The van der Waals surface area contributed by atoms with Crippen LogP contribution >= 0.6 is 0 Å². The number of aliphatic carboxylic acids is 1. The lowest BCUT2D eigenvalue weighted by molar-refractivity contribution is -0.150. The largest absolute Gasteiger partial charge is 0.479 e. The highest BCUT2D eigenvalue weighted by molar-refractivity contribution is 5.71. The van der Waals surface area contributed by atoms with E-state index in [0.717, 1.165) is 19.3 Å². The topological polar surface area (TPSA) is 85.5 Å². The highest BCUT2D eigenvalue weighted by Gasteiger charge is 2.13. The summed E-state index contributed by atoms with van der Waals surface area (Å²) in [5.74, 6) is -0.0478. The van der Waals surface area contributed by atoms with E-state index in [1.807, 2.05) is 0 Å². The van der Waals surface area contributed by atoms with Crippen LogP contribution in [0.3, 0.4) is 0 Å². The van der Waals surface area contributed by atoms with Gasteiger partial charge in [-0.3, -0.25) is 0 Å². The average molecular weight is 228 g/mol. The molecule has 1 rings (SSSR count). The first-order valence-electron chi connectivity index (χ1n) is 5.29. The molecule has 0 amide bonds. The van der Waals surface area contributed by atoms with E-state index >= 15 is 0 Å². The third-order valence-electron chi connectivity index (χ3n) is 2.07. The molecule has 0 aliphatic rings. The van der Waals surface area contributed by atoms with Gasteiger partial charge in [0, 0.05) is 6.42 Å². The highest BCUT2D eigenvalue weighted by Crippen LogP contribution is 2.04. The van der Waals surface area contributed by atoms with E-state index in [4.69, 9.17) is 14.4 Å². The van der Waals surface area contributed by atoms with Gasteiger partial charge in [0.05, 0.1) is 0 Å². The van der Waals surface area contributed by atoms with Crippen molar-refractivity contribution in [3.63, 3.8) is 0 Å². The number of carboxylic acids is 1. The Hall–Kier alpha value is -1.43. The molecule has 0 fully saturated rings. The summed E-state index contributed by atoms with van der Waals surface area (Å²) >= 11 is 0. The average Bonchev–Trinajstić information content (AvgIpc) is 2.70. The summed E-state index contributed by atoms with van der Waals surface area (Å²) in [4.78, 5) is 14.6. The van der Waals surface area contributed by atoms with Gasteiger partial charge in [-0.05, 0) is 13.3 Å². The highest BCUT2D eigenvalue weighted by atomic mass is 16.5. The Balaban J connectivity index is 2.37. The molecule has 1 aromatic heterocycles. The molecule has 0 saturated carbocycles. The van der Waals surface area contributed by atoms with Crippen LogP contribution in [0, 0.1) is 0 Å². The molecule has 0 bridgehead atoms. The normalized spacial score (nSPS) is 12.6. The first-order chi connectivity index (χ1) is 7.63. The summed E-state index contributed by atoms with van der Waals surface area (Å²) < 4.78 is 9.92. The molecule has 0 spiro atoms. The molecule has 1 heterocycles. The van der Waals surface area contributed by atoms with Crippen molar-refractivity contribution in [3.8, 4) is 0 Å². The summed E-state index contributed by atoms with van der Waals surface area (Å²) in [5, 5.41) is 12.4. The fourth-order valence-corrected chi connectivity index (χ4v) is 1.05. The Morgan fingerprint density at radius 1 is 1.62 bits per heavy atom. The summed E-state index contributed by atoms with van der Waals surface area (Å²) in [6.07, 6.45) is 1.97. The van der Waals surface area contributed by atoms with Crippen LogP contribution in [0.5, 0.6) is 0 Å². The van der Waals surface area contributed by atoms with Gasteiger partial charge in [-0.1, -0.05) is 18.5 Å². The molecule has 6 heteroatoms. The van der Waals surface area contributed by atoms with Crippen molar-refractivity contribution in [2.24, 2.45) is 0 Å². The number of aromatic nitrogens is 2. The number of ether oxygens (including phenoxy) is 1. The van der Waals surface area contributed by atoms with Gasteiger partial charge < -0.3 is 14.4 Å². The second-order valence-electron chi connectivity index (χ2n) is 3.50. The molecule has 90 valence electrons. The quantitative estimate of drug-likeness (QED) is 0.759. The molecule has 16 heavy (non-hydrogen) atoms. The molecular weight excluding hydrogens is 212 g/mol. The third-order valence-corrected chi connectivity index (χ3v) is 2.07. The van der Waals surface area contributed by atoms with E-state index in [1.54, 1.807) is 0 Å². The lowest BCUT2D eigenvalue weighted by Gasteiger charge is -2.04. The molecule has 6 nitrogen and oxygen atoms in total. The number of unbranched alkanes of at least 4 members (excludes halogenated alkanes) is 1. The summed E-state index contributed by atoms with van der Waals surface area (Å²) in [7, 11) is 0. The molecule has 0 aromatic carbocycles. The monoisotopic (exact) mass is 228 g/mol. The minimum Gasteiger partial charge on any atom is -0.479 e. The van der Waals surface area contributed by atoms with Crippen molar-refractivity contribution < 1.29 is 19.2 Å². The van der Waals surface area contributed by atoms with Gasteiger partial charge in [0.1, 0.15) is 6.61 Å². The maximum absolute atomic E-state index is 10.5. The first-order valence-corrected chi connectivity index (χ1v) is 5.29. The Kier molecular flexibility index (Phi) is 4.91. The summed E-state index contributed by atoms with van der Waals surface area (Å²) in [5.41, 5.74) is 0. The van der Waals surface area contributed by atoms with Gasteiger partial charge in [0.2, 0.25) is 0 Å². The van der Waals surface area contributed by atoms with E-state index < -0.39 is 12.1 Å². The van der Waals surface area contributed by atoms with Gasteiger partial charge in [-0.15, -0.1) is 0 Å². The number of carboxylic acid groups (broad SMARTS) is 1. The van der Waals surface area contributed by atoms with Gasteiger partial charge in [0.25, 0.3) is 5.89 Å². The summed E-state index contributed by atoms with van der Waals surface area (Å²) in [6, 6.07) is 0. The zero-order valence-electron chi connectivity index (χ0n) is 9.47. The molecule has 1 aromatic rings. The third kappa shape index (κ3) is 3.98. The minimum atomic E-state index is -1.01. The predicted molar refractivity (Wildman–Crippen MR) is 54.8 cm³/mol. The SMILES string of the molecule is CCCCc1noc(CO[C@@H](C)C(=O)O)n1. The summed E-state index contributed by atoms with van der Waals surface area (Å²) in [6.45, 7) is 3.57. The molecular formula is C10H16N2O4. The molecule has 1 atom stereocenters. The number of nitrogens with zero attached hydrogens (tertiary/aromatic N) is 2. The van der Waals surface area contributed by atoms with Crippen molar-refractivity contribution in [2.75, 3.05) is 0 Å². The van der Waals surface area contributed by atoms with Crippen LogP contribution in [0.1, 0.15) is 38.4 Å². The van der Waals surface area contributed by atoms with E-state index in [0.29, 0.717) is 11.7 Å². The second-order valence-corrected chi connectivity index (χ2v) is 3.50. The number of rotatable bonds is 7. The van der Waals surface area contributed by atoms with Gasteiger partial charge in [-0.2, -0.15) is 4.98 Å². The second kappa shape index (κ2) is 6.22. The smallest absolute Gasteiger partial charge is 0.332 e. The lowest BCUT2D eigenvalue weighted by atomic mass is 10.2. The number of hydrogen-bond acceptors (Lipinski definition) is 5. The van der Waals surface area contributed by atoms with Crippen molar-refractivity contribution in [2.45, 2.75) is 45.8 Å². The van der Waals surface area contributed by atoms with E-state index in [9.17, 15) is 4.79 Å². The van der Waals surface area contributed by atoms with Crippen molar-refractivity contribution in [1.29, 1.82) is 0 Å². The van der Waals surface area contributed by atoms with E-state index in [2.05, 4.69) is 17.1 Å². The Morgan fingerprint density at radius 3 is 3.00 bits per heavy atom. The maximum atomic E-state index is 10.5. The van der Waals surface area contributed by atoms with Crippen LogP contribution < -0.4 is 0 Å². The number of hydrogen-bond donors (Lipinski definition) is 1. The predicted octanol–water partition coefficient (Wildman–Crippen LogP) is 1.40.